The molecule has 1 fully saturated rings. The number of rotatable bonds is 6. The number of ether oxygens (including phenoxy) is 1. The molecule has 1 saturated heterocycles. The van der Waals surface area contributed by atoms with E-state index in [2.05, 4.69) is 64.2 Å². The van der Waals surface area contributed by atoms with Crippen LogP contribution in [-0.2, 0) is 4.74 Å². The predicted octanol–water partition coefficient (Wildman–Crippen LogP) is 3.60. The monoisotopic (exact) mass is 408 g/mol. The van der Waals surface area contributed by atoms with E-state index < -0.39 is 0 Å². The molecule has 1 amide bonds. The number of amides is 1. The van der Waals surface area contributed by atoms with Gasteiger partial charge in [0, 0.05) is 38.6 Å². The Morgan fingerprint density at radius 3 is 2.13 bits per heavy atom. The second kappa shape index (κ2) is 11.2. The van der Waals surface area contributed by atoms with Crippen molar-refractivity contribution < 1.29 is 9.53 Å². The van der Waals surface area contributed by atoms with Crippen molar-refractivity contribution in [3.05, 3.63) is 71.8 Å². The molecule has 1 aliphatic heterocycles. The number of hydrogen-bond acceptors (Lipinski definition) is 3. The van der Waals surface area contributed by atoms with Gasteiger partial charge in [-0.3, -0.25) is 4.99 Å². The average Bonchev–Trinajstić information content (AvgIpc) is 2.80. The molecule has 0 radical (unpaired) electrons. The summed E-state index contributed by atoms with van der Waals surface area (Å²) < 4.78 is 5.10. The molecule has 0 spiro atoms. The number of guanidine groups is 1. The van der Waals surface area contributed by atoms with E-state index in [0.29, 0.717) is 19.7 Å². The fourth-order valence-corrected chi connectivity index (χ4v) is 3.81. The maximum atomic E-state index is 11.9. The summed E-state index contributed by atoms with van der Waals surface area (Å²) in [5.74, 6) is 1.03. The van der Waals surface area contributed by atoms with Crippen LogP contribution in [0.2, 0.25) is 0 Å². The quantitative estimate of drug-likeness (QED) is 0.566. The number of benzene rings is 2. The van der Waals surface area contributed by atoms with E-state index in [-0.39, 0.29) is 18.1 Å². The minimum atomic E-state index is -0.216. The Morgan fingerprint density at radius 1 is 1.07 bits per heavy atom. The number of nitrogens with one attached hydrogen (secondary N) is 2. The number of hydrogen-bond donors (Lipinski definition) is 2. The number of carbonyl (C=O) groups excluding carboxylic acids is 1. The molecule has 160 valence electrons. The Hall–Kier alpha value is -3.02. The fraction of sp³-hybridized carbons (Fsp3) is 0.417. The average molecular weight is 409 g/mol. The van der Waals surface area contributed by atoms with Gasteiger partial charge in [0.2, 0.25) is 0 Å². The number of carbonyl (C=O) groups is 1. The second-order valence-corrected chi connectivity index (χ2v) is 7.43. The third-order valence-electron chi connectivity index (χ3n) is 5.46. The van der Waals surface area contributed by atoms with Crippen molar-refractivity contribution in [3.63, 3.8) is 0 Å². The first-order valence-electron chi connectivity index (χ1n) is 10.7. The summed E-state index contributed by atoms with van der Waals surface area (Å²) in [5.41, 5.74) is 2.55. The van der Waals surface area contributed by atoms with Crippen LogP contribution >= 0.6 is 0 Å². The second-order valence-electron chi connectivity index (χ2n) is 7.43. The minimum absolute atomic E-state index is 0.216. The van der Waals surface area contributed by atoms with Crippen molar-refractivity contribution in [2.45, 2.75) is 31.7 Å². The van der Waals surface area contributed by atoms with E-state index in [1.807, 2.05) is 19.1 Å². The maximum absolute atomic E-state index is 11.9. The molecule has 0 aliphatic carbocycles. The summed E-state index contributed by atoms with van der Waals surface area (Å²) in [6, 6.07) is 21.4. The van der Waals surface area contributed by atoms with Gasteiger partial charge in [-0.1, -0.05) is 60.7 Å². The number of nitrogens with zero attached hydrogens (tertiary/aromatic N) is 2. The number of likely N-dealkylation sites (tertiary alicyclic amines) is 1. The SMILES string of the molecule is CCOC(=O)N1CCC(NC(=NC)NCC(c2ccccc2)c2ccccc2)CC1. The van der Waals surface area contributed by atoms with Crippen LogP contribution in [0.3, 0.4) is 0 Å². The van der Waals surface area contributed by atoms with Crippen molar-refractivity contribution in [2.24, 2.45) is 4.99 Å². The lowest BCUT2D eigenvalue weighted by Crippen LogP contribution is -2.50. The summed E-state index contributed by atoms with van der Waals surface area (Å²) in [6.07, 6.45) is 1.53. The van der Waals surface area contributed by atoms with Gasteiger partial charge >= 0.3 is 6.09 Å². The molecule has 2 aromatic carbocycles. The van der Waals surface area contributed by atoms with E-state index in [0.717, 1.165) is 25.3 Å². The van der Waals surface area contributed by atoms with Gasteiger partial charge in [0.25, 0.3) is 0 Å². The van der Waals surface area contributed by atoms with E-state index >= 15 is 0 Å². The van der Waals surface area contributed by atoms with Gasteiger partial charge in [-0.2, -0.15) is 0 Å². The predicted molar refractivity (Wildman–Crippen MR) is 121 cm³/mol. The molecular formula is C24H32N4O2. The van der Waals surface area contributed by atoms with Crippen LogP contribution in [0.15, 0.2) is 65.7 Å². The van der Waals surface area contributed by atoms with Crippen LogP contribution < -0.4 is 10.6 Å². The van der Waals surface area contributed by atoms with Crippen LogP contribution in [0, 0.1) is 0 Å². The molecule has 6 nitrogen and oxygen atoms in total. The lowest BCUT2D eigenvalue weighted by atomic mass is 9.91. The molecule has 0 unspecified atom stereocenters. The van der Waals surface area contributed by atoms with E-state index in [9.17, 15) is 4.79 Å². The fourth-order valence-electron chi connectivity index (χ4n) is 3.81. The van der Waals surface area contributed by atoms with Crippen molar-refractivity contribution in [1.29, 1.82) is 0 Å². The van der Waals surface area contributed by atoms with Crippen molar-refractivity contribution in [3.8, 4) is 0 Å². The van der Waals surface area contributed by atoms with E-state index in [4.69, 9.17) is 4.74 Å². The Labute approximate surface area is 179 Å². The van der Waals surface area contributed by atoms with Crippen molar-refractivity contribution in [1.82, 2.24) is 15.5 Å². The molecule has 6 heteroatoms. The zero-order valence-electron chi connectivity index (χ0n) is 17.9. The van der Waals surface area contributed by atoms with E-state index in [1.54, 1.807) is 11.9 Å². The first kappa shape index (κ1) is 21.7. The third kappa shape index (κ3) is 5.99. The first-order chi connectivity index (χ1) is 14.7. The Bertz CT molecular complexity index is 763. The summed E-state index contributed by atoms with van der Waals surface area (Å²) in [6.45, 7) is 4.39. The van der Waals surface area contributed by atoms with Crippen LogP contribution in [-0.4, -0.2) is 56.3 Å². The highest BCUT2D eigenvalue weighted by molar-refractivity contribution is 5.80. The number of aliphatic imine (C=N–C) groups is 1. The molecule has 0 saturated carbocycles. The zero-order valence-corrected chi connectivity index (χ0v) is 17.9. The largest absolute Gasteiger partial charge is 0.450 e. The van der Waals surface area contributed by atoms with Crippen LogP contribution in [0.1, 0.15) is 36.8 Å². The molecule has 0 bridgehead atoms. The molecule has 2 N–H and O–H groups in total. The summed E-state index contributed by atoms with van der Waals surface area (Å²) >= 11 is 0. The van der Waals surface area contributed by atoms with Crippen molar-refractivity contribution in [2.75, 3.05) is 33.3 Å². The molecule has 2 aromatic rings. The number of piperidine rings is 1. The molecular weight excluding hydrogens is 376 g/mol. The molecule has 1 heterocycles. The molecule has 0 atom stereocenters. The highest BCUT2D eigenvalue weighted by Gasteiger charge is 2.24. The standard InChI is InChI=1S/C24H32N4O2/c1-3-30-24(29)28-16-14-21(15-17-28)27-23(25-2)26-18-22(19-10-6-4-7-11-19)20-12-8-5-9-13-20/h4-13,21-22H,3,14-18H2,1-2H3,(H2,25,26,27). The minimum Gasteiger partial charge on any atom is -0.450 e. The Balaban J connectivity index is 1.57. The van der Waals surface area contributed by atoms with Gasteiger partial charge in [-0.15, -0.1) is 0 Å². The zero-order chi connectivity index (χ0) is 21.2. The van der Waals surface area contributed by atoms with Gasteiger partial charge in [0.1, 0.15) is 0 Å². The Morgan fingerprint density at radius 2 is 1.63 bits per heavy atom. The van der Waals surface area contributed by atoms with E-state index in [1.165, 1.54) is 11.1 Å². The smallest absolute Gasteiger partial charge is 0.409 e. The molecule has 30 heavy (non-hydrogen) atoms. The third-order valence-corrected chi connectivity index (χ3v) is 5.46. The Kier molecular flexibility index (Phi) is 8.12. The molecule has 3 rings (SSSR count). The van der Waals surface area contributed by atoms with Crippen LogP contribution in [0.4, 0.5) is 4.79 Å². The summed E-state index contributed by atoms with van der Waals surface area (Å²) in [7, 11) is 1.79. The molecule has 0 aromatic heterocycles. The molecule has 1 aliphatic rings. The van der Waals surface area contributed by atoms with Gasteiger partial charge in [-0.25, -0.2) is 4.79 Å². The summed E-state index contributed by atoms with van der Waals surface area (Å²) in [4.78, 5) is 18.1. The maximum Gasteiger partial charge on any atom is 0.409 e. The van der Waals surface area contributed by atoms with Crippen LogP contribution in [0.5, 0.6) is 0 Å². The van der Waals surface area contributed by atoms with Gasteiger partial charge < -0.3 is 20.3 Å². The van der Waals surface area contributed by atoms with Gasteiger partial charge in [0.05, 0.1) is 6.61 Å². The first-order valence-corrected chi connectivity index (χ1v) is 10.7. The lowest BCUT2D eigenvalue weighted by molar-refractivity contribution is 0.0963. The highest BCUT2D eigenvalue weighted by Crippen LogP contribution is 2.23. The summed E-state index contributed by atoms with van der Waals surface area (Å²) in [5, 5.41) is 7.02. The van der Waals surface area contributed by atoms with Gasteiger partial charge in [-0.05, 0) is 30.9 Å². The lowest BCUT2D eigenvalue weighted by Gasteiger charge is -2.32. The van der Waals surface area contributed by atoms with Crippen LogP contribution in [0.25, 0.3) is 0 Å². The van der Waals surface area contributed by atoms with Gasteiger partial charge in [0.15, 0.2) is 5.96 Å². The topological polar surface area (TPSA) is 66.0 Å². The normalized spacial score (nSPS) is 15.2. The van der Waals surface area contributed by atoms with Crippen molar-refractivity contribution >= 4 is 12.1 Å². The highest BCUT2D eigenvalue weighted by atomic mass is 16.6.